The maximum atomic E-state index is 5.39. The van der Waals surface area contributed by atoms with Crippen LogP contribution in [0.15, 0.2) is 47.5 Å². The zero-order valence-electron chi connectivity index (χ0n) is 17.8. The van der Waals surface area contributed by atoms with Gasteiger partial charge in [0.25, 0.3) is 0 Å². The van der Waals surface area contributed by atoms with Crippen molar-refractivity contribution >= 4 is 11.6 Å². The van der Waals surface area contributed by atoms with E-state index >= 15 is 0 Å². The van der Waals surface area contributed by atoms with Crippen LogP contribution < -0.4 is 19.7 Å². The molecule has 0 radical (unpaired) electrons. The molecule has 2 rings (SSSR count). The third-order valence-corrected chi connectivity index (χ3v) is 4.63. The van der Waals surface area contributed by atoms with Gasteiger partial charge in [-0.25, -0.2) is 0 Å². The minimum Gasteiger partial charge on any atom is -0.493 e. The number of benzene rings is 2. The molecule has 28 heavy (non-hydrogen) atoms. The van der Waals surface area contributed by atoms with Crippen molar-refractivity contribution in [2.75, 3.05) is 53.9 Å². The second kappa shape index (κ2) is 10.4. The summed E-state index contributed by atoms with van der Waals surface area (Å²) in [5, 5.41) is 3.44. The van der Waals surface area contributed by atoms with E-state index in [9.17, 15) is 0 Å². The van der Waals surface area contributed by atoms with Crippen LogP contribution in [0, 0.1) is 0 Å². The van der Waals surface area contributed by atoms with Gasteiger partial charge in [-0.15, -0.1) is 0 Å². The van der Waals surface area contributed by atoms with Gasteiger partial charge in [-0.1, -0.05) is 18.2 Å². The van der Waals surface area contributed by atoms with Gasteiger partial charge in [0, 0.05) is 47.0 Å². The van der Waals surface area contributed by atoms with Crippen LogP contribution >= 0.6 is 0 Å². The molecule has 1 N–H and O–H groups in total. The first-order valence-electron chi connectivity index (χ1n) is 9.37. The molecule has 0 bridgehead atoms. The van der Waals surface area contributed by atoms with Gasteiger partial charge in [-0.2, -0.15) is 0 Å². The van der Waals surface area contributed by atoms with Crippen molar-refractivity contribution in [2.45, 2.75) is 13.0 Å². The largest absolute Gasteiger partial charge is 0.493 e. The van der Waals surface area contributed by atoms with E-state index in [1.54, 1.807) is 14.2 Å². The number of guanidine groups is 1. The zero-order chi connectivity index (χ0) is 20.5. The van der Waals surface area contributed by atoms with Crippen molar-refractivity contribution < 1.29 is 9.47 Å². The second-order valence-corrected chi connectivity index (χ2v) is 6.83. The van der Waals surface area contributed by atoms with E-state index in [1.165, 1.54) is 16.8 Å². The molecule has 0 aliphatic rings. The lowest BCUT2D eigenvalue weighted by atomic mass is 10.1. The van der Waals surface area contributed by atoms with Gasteiger partial charge in [-0.05, 0) is 41.8 Å². The van der Waals surface area contributed by atoms with Crippen molar-refractivity contribution in [2.24, 2.45) is 4.99 Å². The van der Waals surface area contributed by atoms with Crippen molar-refractivity contribution in [3.05, 3.63) is 53.6 Å². The van der Waals surface area contributed by atoms with Crippen LogP contribution in [0.4, 0.5) is 5.69 Å². The minimum absolute atomic E-state index is 0.731. The number of nitrogens with zero attached hydrogens (tertiary/aromatic N) is 3. The molecule has 0 aliphatic carbocycles. The first-order chi connectivity index (χ1) is 13.5. The molecule has 6 nitrogen and oxygen atoms in total. The zero-order valence-corrected chi connectivity index (χ0v) is 17.8. The topological polar surface area (TPSA) is 49.3 Å². The van der Waals surface area contributed by atoms with Crippen LogP contribution in [-0.2, 0) is 13.0 Å². The summed E-state index contributed by atoms with van der Waals surface area (Å²) in [5.41, 5.74) is 3.61. The third-order valence-electron chi connectivity index (χ3n) is 4.63. The number of nitrogens with one attached hydrogen (secondary N) is 1. The maximum absolute atomic E-state index is 5.39. The van der Waals surface area contributed by atoms with Crippen molar-refractivity contribution in [1.82, 2.24) is 10.2 Å². The second-order valence-electron chi connectivity index (χ2n) is 6.83. The van der Waals surface area contributed by atoms with Gasteiger partial charge in [-0.3, -0.25) is 4.99 Å². The Balaban J connectivity index is 1.93. The predicted octanol–water partition coefficient (Wildman–Crippen LogP) is 3.02. The summed E-state index contributed by atoms with van der Waals surface area (Å²) in [6.07, 6.45) is 0.883. The van der Waals surface area contributed by atoms with Gasteiger partial charge >= 0.3 is 0 Å². The highest BCUT2D eigenvalue weighted by atomic mass is 16.5. The monoisotopic (exact) mass is 384 g/mol. The van der Waals surface area contributed by atoms with Gasteiger partial charge in [0.15, 0.2) is 17.5 Å². The minimum atomic E-state index is 0.731. The molecule has 0 saturated heterocycles. The Kier molecular flexibility index (Phi) is 7.99. The predicted molar refractivity (Wildman–Crippen MR) is 117 cm³/mol. The molecular formula is C22H32N4O2. The third kappa shape index (κ3) is 5.81. The number of hydrogen-bond acceptors (Lipinski definition) is 4. The lowest BCUT2D eigenvalue weighted by Gasteiger charge is -2.22. The highest BCUT2D eigenvalue weighted by molar-refractivity contribution is 5.79. The highest BCUT2D eigenvalue weighted by Gasteiger charge is 2.09. The van der Waals surface area contributed by atoms with Crippen LogP contribution in [0.5, 0.6) is 11.5 Å². The molecule has 0 saturated carbocycles. The summed E-state index contributed by atoms with van der Waals surface area (Å²) in [5.74, 6) is 2.37. The molecule has 0 aromatic heterocycles. The molecule has 0 spiro atoms. The maximum Gasteiger partial charge on any atom is 0.193 e. The number of rotatable bonds is 8. The fourth-order valence-electron chi connectivity index (χ4n) is 2.95. The molecule has 0 amide bonds. The van der Waals surface area contributed by atoms with Crippen LogP contribution in [0.25, 0.3) is 0 Å². The van der Waals surface area contributed by atoms with Crippen LogP contribution in [-0.4, -0.2) is 59.8 Å². The molecule has 2 aromatic carbocycles. The highest BCUT2D eigenvalue weighted by Crippen LogP contribution is 2.27. The molecule has 0 aliphatic heterocycles. The molecule has 0 atom stereocenters. The van der Waals surface area contributed by atoms with Crippen LogP contribution in [0.1, 0.15) is 11.1 Å². The smallest absolute Gasteiger partial charge is 0.193 e. The summed E-state index contributed by atoms with van der Waals surface area (Å²) in [6, 6.07) is 14.5. The molecule has 6 heteroatoms. The van der Waals surface area contributed by atoms with E-state index in [4.69, 9.17) is 9.47 Å². The van der Waals surface area contributed by atoms with Gasteiger partial charge in [0.2, 0.25) is 0 Å². The average molecular weight is 385 g/mol. The Morgan fingerprint density at radius 2 is 1.71 bits per heavy atom. The number of methoxy groups -OCH3 is 2. The average Bonchev–Trinajstić information content (AvgIpc) is 2.72. The Labute approximate surface area is 168 Å². The van der Waals surface area contributed by atoms with E-state index in [-0.39, 0.29) is 0 Å². The lowest BCUT2D eigenvalue weighted by Crippen LogP contribution is -2.39. The normalized spacial score (nSPS) is 11.1. The van der Waals surface area contributed by atoms with Gasteiger partial charge < -0.3 is 24.6 Å². The molecule has 0 unspecified atom stereocenters. The molecule has 0 fully saturated rings. The molecule has 152 valence electrons. The first-order valence-corrected chi connectivity index (χ1v) is 9.37. The summed E-state index contributed by atoms with van der Waals surface area (Å²) >= 11 is 0. The number of hydrogen-bond donors (Lipinski definition) is 1. The number of likely N-dealkylation sites (N-methyl/N-ethyl adjacent to an activating group) is 1. The Hall–Kier alpha value is -2.89. The fraction of sp³-hybridized carbons (Fsp3) is 0.409. The van der Waals surface area contributed by atoms with Crippen molar-refractivity contribution in [3.8, 4) is 11.5 Å². The van der Waals surface area contributed by atoms with Crippen LogP contribution in [0.2, 0.25) is 0 Å². The first kappa shape index (κ1) is 21.4. The lowest BCUT2D eigenvalue weighted by molar-refractivity contribution is 0.354. The van der Waals surface area contributed by atoms with E-state index in [2.05, 4.69) is 50.4 Å². The summed E-state index contributed by atoms with van der Waals surface area (Å²) in [4.78, 5) is 8.65. The quantitative estimate of drug-likeness (QED) is 0.560. The Morgan fingerprint density at radius 3 is 2.36 bits per heavy atom. The number of anilines is 1. The SMILES string of the molecule is CN=C(NCc1cccc(N(C)C)c1)N(C)CCc1ccc(OC)c(OC)c1. The van der Waals surface area contributed by atoms with Crippen LogP contribution in [0.3, 0.4) is 0 Å². The van der Waals surface area contributed by atoms with E-state index < -0.39 is 0 Å². The molecular weight excluding hydrogens is 352 g/mol. The molecule has 2 aromatic rings. The Morgan fingerprint density at radius 1 is 0.964 bits per heavy atom. The Bertz CT molecular complexity index is 790. The summed E-state index contributed by atoms with van der Waals surface area (Å²) in [6.45, 7) is 1.57. The summed E-state index contributed by atoms with van der Waals surface area (Å²) in [7, 11) is 11.3. The van der Waals surface area contributed by atoms with E-state index in [1.807, 2.05) is 40.3 Å². The van der Waals surface area contributed by atoms with Crippen molar-refractivity contribution in [3.63, 3.8) is 0 Å². The van der Waals surface area contributed by atoms with Gasteiger partial charge in [0.05, 0.1) is 14.2 Å². The number of ether oxygens (including phenoxy) is 2. The van der Waals surface area contributed by atoms with E-state index in [0.717, 1.165) is 37.0 Å². The standard InChI is InChI=1S/C22H32N4O2/c1-23-22(24-16-18-8-7-9-19(14-18)25(2)3)26(4)13-12-17-10-11-20(27-5)21(15-17)28-6/h7-11,14-15H,12-13,16H2,1-6H3,(H,23,24). The van der Waals surface area contributed by atoms with Gasteiger partial charge in [0.1, 0.15) is 0 Å². The summed E-state index contributed by atoms with van der Waals surface area (Å²) < 4.78 is 10.7. The van der Waals surface area contributed by atoms with Crippen molar-refractivity contribution in [1.29, 1.82) is 0 Å². The fourth-order valence-corrected chi connectivity index (χ4v) is 2.95. The molecule has 0 heterocycles. The van der Waals surface area contributed by atoms with E-state index in [0.29, 0.717) is 0 Å². The number of aliphatic imine (C=N–C) groups is 1.